The first-order valence-corrected chi connectivity index (χ1v) is 9.61. The normalized spacial score (nSPS) is 24.0. The van der Waals surface area contributed by atoms with Crippen LogP contribution in [0.2, 0.25) is 0 Å². The van der Waals surface area contributed by atoms with Gasteiger partial charge < -0.3 is 5.11 Å². The van der Waals surface area contributed by atoms with Gasteiger partial charge in [-0.05, 0) is 54.2 Å². The zero-order valence-corrected chi connectivity index (χ0v) is 14.8. The monoisotopic (exact) mass is 322 g/mol. The van der Waals surface area contributed by atoms with Crippen LogP contribution in [0.4, 0.5) is 0 Å². The topological polar surface area (TPSA) is 20.2 Å². The molecular formula is C23H30O. The molecule has 24 heavy (non-hydrogen) atoms. The summed E-state index contributed by atoms with van der Waals surface area (Å²) in [7, 11) is 0. The maximum absolute atomic E-state index is 10.5. The van der Waals surface area contributed by atoms with Gasteiger partial charge in [0.1, 0.15) is 0 Å². The van der Waals surface area contributed by atoms with Crippen LogP contribution in [-0.4, -0.2) is 11.2 Å². The first kappa shape index (κ1) is 17.2. The average Bonchev–Trinajstić information content (AvgIpc) is 2.64. The van der Waals surface area contributed by atoms with E-state index in [0.29, 0.717) is 11.8 Å². The summed E-state index contributed by atoms with van der Waals surface area (Å²) in [5, 5.41) is 10.5. The number of aliphatic hydroxyl groups excluding tert-OH is 1. The minimum atomic E-state index is -0.116. The highest BCUT2D eigenvalue weighted by Gasteiger charge is 2.29. The molecule has 0 bridgehead atoms. The number of hydrogen-bond acceptors (Lipinski definition) is 1. The van der Waals surface area contributed by atoms with Crippen molar-refractivity contribution >= 4 is 0 Å². The maximum Gasteiger partial charge on any atom is 0.0574 e. The molecule has 0 aromatic heterocycles. The Morgan fingerprint density at radius 1 is 0.875 bits per heavy atom. The van der Waals surface area contributed by atoms with Crippen molar-refractivity contribution in [2.75, 3.05) is 0 Å². The summed E-state index contributed by atoms with van der Waals surface area (Å²) in [6.07, 6.45) is 8.25. The van der Waals surface area contributed by atoms with Gasteiger partial charge >= 0.3 is 0 Å². The molecule has 1 heteroatoms. The van der Waals surface area contributed by atoms with Gasteiger partial charge in [-0.1, -0.05) is 80.8 Å². The van der Waals surface area contributed by atoms with E-state index in [0.717, 1.165) is 6.42 Å². The summed E-state index contributed by atoms with van der Waals surface area (Å²) >= 11 is 0. The minimum absolute atomic E-state index is 0.116. The van der Waals surface area contributed by atoms with Gasteiger partial charge in [-0.3, -0.25) is 0 Å². The van der Waals surface area contributed by atoms with Crippen LogP contribution in [-0.2, 0) is 0 Å². The fraction of sp³-hybridized carbons (Fsp3) is 0.478. The number of aliphatic hydroxyl groups is 1. The number of hydrogen-bond donors (Lipinski definition) is 1. The van der Waals surface area contributed by atoms with Crippen LogP contribution >= 0.6 is 0 Å². The van der Waals surface area contributed by atoms with Crippen LogP contribution in [0.15, 0.2) is 54.6 Å². The Morgan fingerprint density at radius 2 is 1.58 bits per heavy atom. The minimum Gasteiger partial charge on any atom is -0.393 e. The summed E-state index contributed by atoms with van der Waals surface area (Å²) in [5.74, 6) is 1.05. The molecule has 0 unspecified atom stereocenters. The average molecular weight is 322 g/mol. The molecule has 3 rings (SSSR count). The van der Waals surface area contributed by atoms with Crippen molar-refractivity contribution in [3.63, 3.8) is 0 Å². The third kappa shape index (κ3) is 4.27. The van der Waals surface area contributed by atoms with Gasteiger partial charge in [-0.25, -0.2) is 0 Å². The summed E-state index contributed by atoms with van der Waals surface area (Å²) in [6, 6.07) is 19.5. The molecule has 0 aliphatic heterocycles. The van der Waals surface area contributed by atoms with E-state index in [9.17, 15) is 5.11 Å². The van der Waals surface area contributed by atoms with E-state index < -0.39 is 0 Å². The van der Waals surface area contributed by atoms with Crippen LogP contribution in [0.3, 0.4) is 0 Å². The summed E-state index contributed by atoms with van der Waals surface area (Å²) in [5.41, 5.74) is 3.93. The summed E-state index contributed by atoms with van der Waals surface area (Å²) in [6.45, 7) is 2.24. The second kappa shape index (κ2) is 8.48. The van der Waals surface area contributed by atoms with Crippen LogP contribution < -0.4 is 0 Å². The van der Waals surface area contributed by atoms with E-state index in [2.05, 4.69) is 61.5 Å². The molecule has 1 fully saturated rings. The SMILES string of the molecule is CCCCC[C@H]1CC[C@H](c2ccc(-c3ccccc3)cc2)C[C@@H]1O. The zero-order valence-electron chi connectivity index (χ0n) is 14.8. The zero-order chi connectivity index (χ0) is 16.8. The molecule has 2 aromatic carbocycles. The highest BCUT2D eigenvalue weighted by atomic mass is 16.3. The smallest absolute Gasteiger partial charge is 0.0574 e. The molecule has 1 saturated carbocycles. The lowest BCUT2D eigenvalue weighted by Gasteiger charge is -2.33. The fourth-order valence-electron chi connectivity index (χ4n) is 4.08. The Hall–Kier alpha value is -1.60. The van der Waals surface area contributed by atoms with Gasteiger partial charge in [0, 0.05) is 0 Å². The van der Waals surface area contributed by atoms with E-state index in [4.69, 9.17) is 0 Å². The van der Waals surface area contributed by atoms with Crippen LogP contribution in [0.1, 0.15) is 63.4 Å². The lowest BCUT2D eigenvalue weighted by atomic mass is 9.75. The highest BCUT2D eigenvalue weighted by molar-refractivity contribution is 5.63. The largest absolute Gasteiger partial charge is 0.393 e. The molecule has 0 radical (unpaired) electrons. The highest BCUT2D eigenvalue weighted by Crippen LogP contribution is 2.38. The Kier molecular flexibility index (Phi) is 6.09. The fourth-order valence-corrected chi connectivity index (χ4v) is 4.08. The van der Waals surface area contributed by atoms with Gasteiger partial charge in [0.05, 0.1) is 6.10 Å². The molecule has 1 nitrogen and oxygen atoms in total. The second-order valence-corrected chi connectivity index (χ2v) is 7.32. The molecule has 2 aromatic rings. The Bertz CT molecular complexity index is 602. The molecule has 128 valence electrons. The molecule has 1 aliphatic rings. The van der Waals surface area contributed by atoms with Crippen LogP contribution in [0, 0.1) is 5.92 Å². The van der Waals surface area contributed by atoms with E-state index in [1.807, 2.05) is 0 Å². The van der Waals surface area contributed by atoms with Crippen molar-refractivity contribution in [2.45, 2.75) is 63.9 Å². The van der Waals surface area contributed by atoms with E-state index in [1.54, 1.807) is 0 Å². The lowest BCUT2D eigenvalue weighted by Crippen LogP contribution is -2.28. The van der Waals surface area contributed by atoms with E-state index in [-0.39, 0.29) is 6.10 Å². The standard InChI is InChI=1S/C23H30O/c1-2-3-5-10-21-15-16-22(17-23(21)24)20-13-11-19(12-14-20)18-8-6-4-7-9-18/h4,6-9,11-14,21-24H,2-3,5,10,15-17H2,1H3/t21-,22-,23-/m0/s1. The summed E-state index contributed by atoms with van der Waals surface area (Å²) < 4.78 is 0. The molecule has 1 N–H and O–H groups in total. The van der Waals surface area contributed by atoms with Crippen molar-refractivity contribution in [3.8, 4) is 11.1 Å². The predicted octanol–water partition coefficient (Wildman–Crippen LogP) is 6.18. The molecule has 0 amide bonds. The second-order valence-electron chi connectivity index (χ2n) is 7.32. The Balaban J connectivity index is 1.60. The van der Waals surface area contributed by atoms with E-state index in [1.165, 1.54) is 55.2 Å². The number of benzene rings is 2. The molecule has 0 heterocycles. The maximum atomic E-state index is 10.5. The van der Waals surface area contributed by atoms with Crippen molar-refractivity contribution in [2.24, 2.45) is 5.92 Å². The summed E-state index contributed by atoms with van der Waals surface area (Å²) in [4.78, 5) is 0. The molecular weight excluding hydrogens is 292 g/mol. The van der Waals surface area contributed by atoms with Gasteiger partial charge in [0.25, 0.3) is 0 Å². The number of rotatable bonds is 6. The van der Waals surface area contributed by atoms with Gasteiger partial charge in [0.15, 0.2) is 0 Å². The van der Waals surface area contributed by atoms with Gasteiger partial charge in [0.2, 0.25) is 0 Å². The molecule has 0 spiro atoms. The lowest BCUT2D eigenvalue weighted by molar-refractivity contribution is 0.0548. The van der Waals surface area contributed by atoms with Crippen molar-refractivity contribution in [1.82, 2.24) is 0 Å². The first-order chi connectivity index (χ1) is 11.8. The quantitative estimate of drug-likeness (QED) is 0.630. The third-order valence-electron chi connectivity index (χ3n) is 5.62. The van der Waals surface area contributed by atoms with Crippen molar-refractivity contribution < 1.29 is 5.11 Å². The number of unbranched alkanes of at least 4 members (excludes halogenated alkanes) is 2. The Morgan fingerprint density at radius 3 is 2.25 bits per heavy atom. The van der Waals surface area contributed by atoms with Gasteiger partial charge in [-0.15, -0.1) is 0 Å². The predicted molar refractivity (Wildman–Crippen MR) is 102 cm³/mol. The van der Waals surface area contributed by atoms with Crippen molar-refractivity contribution in [1.29, 1.82) is 0 Å². The molecule has 3 atom stereocenters. The van der Waals surface area contributed by atoms with Gasteiger partial charge in [-0.2, -0.15) is 0 Å². The molecule has 0 saturated heterocycles. The first-order valence-electron chi connectivity index (χ1n) is 9.61. The van der Waals surface area contributed by atoms with Crippen LogP contribution in [0.5, 0.6) is 0 Å². The van der Waals surface area contributed by atoms with Crippen LogP contribution in [0.25, 0.3) is 11.1 Å². The Labute approximate surface area is 146 Å². The van der Waals surface area contributed by atoms with E-state index >= 15 is 0 Å². The molecule has 1 aliphatic carbocycles. The third-order valence-corrected chi connectivity index (χ3v) is 5.62. The van der Waals surface area contributed by atoms with Crippen molar-refractivity contribution in [3.05, 3.63) is 60.2 Å².